The molecule has 98 valence electrons. The molecule has 0 heterocycles. The van der Waals surface area contributed by atoms with E-state index in [0.717, 1.165) is 11.8 Å². The number of quaternary nitrogens is 1. The molecule has 0 unspecified atom stereocenters. The van der Waals surface area contributed by atoms with Crippen molar-refractivity contribution in [3.63, 3.8) is 0 Å². The normalized spacial score (nSPS) is 46.4. The fourth-order valence-electron chi connectivity index (χ4n) is 4.47. The van der Waals surface area contributed by atoms with E-state index in [0.29, 0.717) is 11.0 Å². The molecule has 0 bridgehead atoms. The Kier molecular flexibility index (Phi) is 3.42. The van der Waals surface area contributed by atoms with Gasteiger partial charge in [0.05, 0.1) is 5.54 Å². The van der Waals surface area contributed by atoms with Gasteiger partial charge in [-0.1, -0.05) is 19.1 Å². The summed E-state index contributed by atoms with van der Waals surface area (Å²) in [6, 6.07) is 0. The summed E-state index contributed by atoms with van der Waals surface area (Å²) in [5.74, 6) is 1.57. The number of fused-ring (bicyclic) bond motifs is 1. The fraction of sp³-hybridized carbons (Fsp3) is 0.812. The van der Waals surface area contributed by atoms with Gasteiger partial charge in [0.25, 0.3) is 0 Å². The molecule has 0 amide bonds. The molecular formula is C16H29N. The number of rotatable bonds is 2. The largest absolute Gasteiger partial charge is 0.474 e. The molecule has 0 aromatic rings. The average molecular weight is 235 g/mol. The zero-order chi connectivity index (χ0) is 12.7. The zero-order valence-corrected chi connectivity index (χ0v) is 11.9. The first-order chi connectivity index (χ1) is 7.91. The van der Waals surface area contributed by atoms with Crippen LogP contribution in [0.1, 0.15) is 59.3 Å². The predicted octanol–water partition coefficient (Wildman–Crippen LogP) is 3.28. The van der Waals surface area contributed by atoms with Gasteiger partial charge in [-0.15, -0.1) is 0 Å². The minimum atomic E-state index is 0.362. The van der Waals surface area contributed by atoms with E-state index < -0.39 is 0 Å². The summed E-state index contributed by atoms with van der Waals surface area (Å²) in [6.45, 7) is 11.4. The van der Waals surface area contributed by atoms with Crippen molar-refractivity contribution in [1.29, 1.82) is 0 Å². The van der Waals surface area contributed by atoms with Gasteiger partial charge < -0.3 is 5.32 Å². The van der Waals surface area contributed by atoms with Crippen molar-refractivity contribution in [3.8, 4) is 0 Å². The van der Waals surface area contributed by atoms with Gasteiger partial charge in [0, 0.05) is 12.3 Å². The van der Waals surface area contributed by atoms with Crippen LogP contribution in [0.3, 0.4) is 0 Å². The maximum Gasteiger partial charge on any atom is 0.0728 e. The molecule has 0 aliphatic heterocycles. The van der Waals surface area contributed by atoms with Gasteiger partial charge in [0.15, 0.2) is 0 Å². The maximum atomic E-state index is 4.19. The summed E-state index contributed by atoms with van der Waals surface area (Å²) in [4.78, 5) is 0. The van der Waals surface area contributed by atoms with Crippen LogP contribution in [0.15, 0.2) is 12.2 Å². The van der Waals surface area contributed by atoms with E-state index in [4.69, 9.17) is 0 Å². The number of nitrogens with two attached hydrogens (primary N) is 1. The molecule has 0 spiro atoms. The van der Waals surface area contributed by atoms with Crippen molar-refractivity contribution in [3.05, 3.63) is 19.2 Å². The van der Waals surface area contributed by atoms with Crippen molar-refractivity contribution >= 4 is 0 Å². The van der Waals surface area contributed by atoms with Gasteiger partial charge in [0.2, 0.25) is 0 Å². The Bertz CT molecular complexity index is 299. The summed E-state index contributed by atoms with van der Waals surface area (Å²) in [6.07, 6.45) is 8.22. The van der Waals surface area contributed by atoms with E-state index in [1.165, 1.54) is 44.1 Å². The lowest BCUT2D eigenvalue weighted by atomic mass is 9.52. The SMILES string of the molecule is C=C(C)[C@H]1CC[C@@]2(C)CCC[C@@](C)([NH2+][CH2-])[C@@H]2C1. The highest BCUT2D eigenvalue weighted by Crippen LogP contribution is 2.55. The third kappa shape index (κ3) is 2.19. The minimum absolute atomic E-state index is 0.362. The van der Waals surface area contributed by atoms with Gasteiger partial charge in [0.1, 0.15) is 0 Å². The Morgan fingerprint density at radius 2 is 2.00 bits per heavy atom. The molecule has 2 fully saturated rings. The lowest BCUT2D eigenvalue weighted by molar-refractivity contribution is -0.689. The van der Waals surface area contributed by atoms with E-state index in [2.05, 4.69) is 39.7 Å². The van der Waals surface area contributed by atoms with E-state index in [-0.39, 0.29) is 0 Å². The van der Waals surface area contributed by atoms with Crippen LogP contribution in [-0.4, -0.2) is 5.54 Å². The van der Waals surface area contributed by atoms with Crippen LogP contribution >= 0.6 is 0 Å². The second-order valence-corrected chi connectivity index (χ2v) is 7.09. The molecule has 1 heteroatoms. The topological polar surface area (TPSA) is 16.6 Å². The summed E-state index contributed by atoms with van der Waals surface area (Å²) in [5.41, 5.74) is 2.32. The molecule has 2 N–H and O–H groups in total. The summed E-state index contributed by atoms with van der Waals surface area (Å²) in [7, 11) is 4.13. The Morgan fingerprint density at radius 3 is 2.59 bits per heavy atom. The monoisotopic (exact) mass is 235 g/mol. The van der Waals surface area contributed by atoms with E-state index in [9.17, 15) is 0 Å². The second-order valence-electron chi connectivity index (χ2n) is 7.09. The molecule has 1 nitrogen and oxygen atoms in total. The van der Waals surface area contributed by atoms with E-state index in [1.807, 2.05) is 0 Å². The van der Waals surface area contributed by atoms with E-state index in [1.54, 1.807) is 0 Å². The molecule has 17 heavy (non-hydrogen) atoms. The number of hydrogen-bond donors (Lipinski definition) is 1. The van der Waals surface area contributed by atoms with Gasteiger partial charge >= 0.3 is 0 Å². The second kappa shape index (κ2) is 4.42. The predicted molar refractivity (Wildman–Crippen MR) is 73.3 cm³/mol. The molecule has 4 atom stereocenters. The Balaban J connectivity index is 2.23. The van der Waals surface area contributed by atoms with Crippen LogP contribution < -0.4 is 5.32 Å². The Labute approximate surface area is 107 Å². The van der Waals surface area contributed by atoms with Crippen molar-refractivity contribution in [2.75, 3.05) is 0 Å². The average Bonchev–Trinajstić information content (AvgIpc) is 2.28. The first-order valence-corrected chi connectivity index (χ1v) is 7.20. The summed E-state index contributed by atoms with van der Waals surface area (Å²) >= 11 is 0. The number of allylic oxidation sites excluding steroid dienone is 1. The molecule has 0 aromatic carbocycles. The lowest BCUT2D eigenvalue weighted by Gasteiger charge is -2.55. The fourth-order valence-corrected chi connectivity index (χ4v) is 4.47. The molecule has 2 rings (SSSR count). The molecule has 0 saturated heterocycles. The minimum Gasteiger partial charge on any atom is -0.474 e. The van der Waals surface area contributed by atoms with Crippen molar-refractivity contribution in [2.24, 2.45) is 17.3 Å². The quantitative estimate of drug-likeness (QED) is 0.559. The van der Waals surface area contributed by atoms with Crippen LogP contribution in [0.5, 0.6) is 0 Å². The van der Waals surface area contributed by atoms with Crippen molar-refractivity contribution < 1.29 is 5.32 Å². The molecule has 2 aliphatic rings. The van der Waals surface area contributed by atoms with Gasteiger partial charge in [-0.3, -0.25) is 0 Å². The summed E-state index contributed by atoms with van der Waals surface area (Å²) < 4.78 is 0. The van der Waals surface area contributed by atoms with Gasteiger partial charge in [-0.2, -0.15) is 7.05 Å². The van der Waals surface area contributed by atoms with Gasteiger partial charge in [-0.05, 0) is 57.3 Å². The first kappa shape index (κ1) is 13.1. The first-order valence-electron chi connectivity index (χ1n) is 7.20. The highest BCUT2D eigenvalue weighted by atomic mass is 15.0. The molecule has 2 aliphatic carbocycles. The van der Waals surface area contributed by atoms with Crippen molar-refractivity contribution in [2.45, 2.75) is 64.8 Å². The smallest absolute Gasteiger partial charge is 0.0728 e. The Hall–Kier alpha value is -0.300. The van der Waals surface area contributed by atoms with Crippen LogP contribution in [0.25, 0.3) is 0 Å². The van der Waals surface area contributed by atoms with Crippen LogP contribution in [-0.2, 0) is 0 Å². The molecule has 0 aromatic heterocycles. The van der Waals surface area contributed by atoms with E-state index >= 15 is 0 Å². The maximum absolute atomic E-state index is 4.19. The molecule has 2 saturated carbocycles. The van der Waals surface area contributed by atoms with Crippen LogP contribution in [0.4, 0.5) is 0 Å². The third-order valence-electron chi connectivity index (χ3n) is 5.85. The third-order valence-corrected chi connectivity index (χ3v) is 5.85. The zero-order valence-electron chi connectivity index (χ0n) is 11.9. The van der Waals surface area contributed by atoms with Crippen LogP contribution in [0.2, 0.25) is 0 Å². The van der Waals surface area contributed by atoms with Crippen molar-refractivity contribution in [1.82, 2.24) is 0 Å². The number of hydrogen-bond acceptors (Lipinski definition) is 0. The lowest BCUT2D eigenvalue weighted by Crippen LogP contribution is -2.94. The highest BCUT2D eigenvalue weighted by molar-refractivity contribution is 5.07. The van der Waals surface area contributed by atoms with Crippen LogP contribution in [0, 0.1) is 24.3 Å². The van der Waals surface area contributed by atoms with Gasteiger partial charge in [-0.25, -0.2) is 0 Å². The molecule has 0 radical (unpaired) electrons. The summed E-state index contributed by atoms with van der Waals surface area (Å²) in [5, 5.41) is 2.25. The Morgan fingerprint density at radius 1 is 1.29 bits per heavy atom. The molecular weight excluding hydrogens is 206 g/mol. The standard InChI is InChI=1S/C16H29N/c1-12(2)13-7-10-15(3)8-6-9-16(4,17-5)14(15)11-13/h13-14H,1,5-11,17H2,2-4H3/t13-,14+,15+,16+/m0/s1. The highest BCUT2D eigenvalue weighted by Gasteiger charge is 2.52.